The van der Waals surface area contributed by atoms with Gasteiger partial charge in [-0.3, -0.25) is 4.79 Å². The van der Waals surface area contributed by atoms with Gasteiger partial charge in [0.1, 0.15) is 0 Å². The van der Waals surface area contributed by atoms with E-state index in [4.69, 9.17) is 5.73 Å². The number of amides is 1. The Bertz CT molecular complexity index is 591. The maximum absolute atomic E-state index is 11.5. The first-order chi connectivity index (χ1) is 8.47. The third kappa shape index (κ3) is 2.53. The molecule has 0 aliphatic rings. The van der Waals surface area contributed by atoms with Crippen LogP contribution in [0, 0.1) is 6.92 Å². The van der Waals surface area contributed by atoms with Crippen LogP contribution >= 0.6 is 11.3 Å². The third-order valence-electron chi connectivity index (χ3n) is 2.60. The number of carbonyl (C=O) groups excluding carboxylic acids is 1. The SMILES string of the molecule is Cc1nc2cc(NCC(=O)N(C)C)c(N)cc2s1. The van der Waals surface area contributed by atoms with Gasteiger partial charge >= 0.3 is 0 Å². The van der Waals surface area contributed by atoms with Crippen LogP contribution in [0.3, 0.4) is 0 Å². The van der Waals surface area contributed by atoms with E-state index in [0.717, 1.165) is 20.9 Å². The number of hydrogen-bond acceptors (Lipinski definition) is 5. The normalized spacial score (nSPS) is 10.6. The van der Waals surface area contributed by atoms with Crippen LogP contribution in [-0.4, -0.2) is 36.4 Å². The summed E-state index contributed by atoms with van der Waals surface area (Å²) in [5.74, 6) is 0.00366. The fourth-order valence-corrected chi connectivity index (χ4v) is 2.44. The second kappa shape index (κ2) is 4.81. The lowest BCUT2D eigenvalue weighted by Gasteiger charge is -2.13. The van der Waals surface area contributed by atoms with Crippen molar-refractivity contribution in [2.24, 2.45) is 0 Å². The molecule has 0 bridgehead atoms. The van der Waals surface area contributed by atoms with Crippen molar-refractivity contribution >= 4 is 38.8 Å². The number of fused-ring (bicyclic) bond motifs is 1. The number of nitrogens with one attached hydrogen (secondary N) is 1. The number of thiazole rings is 1. The number of likely N-dealkylation sites (N-methyl/N-ethyl adjacent to an activating group) is 1. The molecule has 18 heavy (non-hydrogen) atoms. The lowest BCUT2D eigenvalue weighted by atomic mass is 10.2. The van der Waals surface area contributed by atoms with Gasteiger partial charge < -0.3 is 16.0 Å². The van der Waals surface area contributed by atoms with Crippen LogP contribution < -0.4 is 11.1 Å². The minimum absolute atomic E-state index is 0.00366. The Hall–Kier alpha value is -1.82. The van der Waals surface area contributed by atoms with E-state index in [-0.39, 0.29) is 12.5 Å². The summed E-state index contributed by atoms with van der Waals surface area (Å²) in [7, 11) is 3.45. The van der Waals surface area contributed by atoms with Gasteiger partial charge in [-0.25, -0.2) is 4.98 Å². The van der Waals surface area contributed by atoms with E-state index in [1.54, 1.807) is 25.4 Å². The summed E-state index contributed by atoms with van der Waals surface area (Å²) in [6.45, 7) is 2.19. The molecule has 0 aliphatic heterocycles. The Kier molecular flexibility index (Phi) is 3.38. The van der Waals surface area contributed by atoms with Crippen LogP contribution in [0.1, 0.15) is 5.01 Å². The van der Waals surface area contributed by atoms with Crippen molar-refractivity contribution in [2.45, 2.75) is 6.92 Å². The number of nitrogen functional groups attached to an aromatic ring is 1. The predicted octanol–water partition coefficient (Wildman–Crippen LogP) is 1.69. The van der Waals surface area contributed by atoms with Gasteiger partial charge in [0.05, 0.1) is 33.1 Å². The molecule has 1 heterocycles. The second-order valence-corrected chi connectivity index (χ2v) is 5.52. The summed E-state index contributed by atoms with van der Waals surface area (Å²) in [5, 5.41) is 4.05. The largest absolute Gasteiger partial charge is 0.397 e. The molecule has 0 unspecified atom stereocenters. The number of rotatable bonds is 3. The molecule has 0 fully saturated rings. The molecule has 5 nitrogen and oxygen atoms in total. The highest BCUT2D eigenvalue weighted by molar-refractivity contribution is 7.18. The van der Waals surface area contributed by atoms with Crippen LogP contribution in [0.5, 0.6) is 0 Å². The smallest absolute Gasteiger partial charge is 0.241 e. The Morgan fingerprint density at radius 1 is 1.50 bits per heavy atom. The number of aryl methyl sites for hydroxylation is 1. The van der Waals surface area contributed by atoms with E-state index in [0.29, 0.717) is 5.69 Å². The Morgan fingerprint density at radius 2 is 2.22 bits per heavy atom. The first-order valence-electron chi connectivity index (χ1n) is 5.58. The molecule has 1 amide bonds. The zero-order valence-electron chi connectivity index (χ0n) is 10.7. The van der Waals surface area contributed by atoms with E-state index in [2.05, 4.69) is 10.3 Å². The van der Waals surface area contributed by atoms with Gasteiger partial charge in [0.15, 0.2) is 0 Å². The number of nitrogens with zero attached hydrogens (tertiary/aromatic N) is 2. The summed E-state index contributed by atoms with van der Waals surface area (Å²) in [6, 6.07) is 3.78. The number of anilines is 2. The van der Waals surface area contributed by atoms with Crippen LogP contribution in [-0.2, 0) is 4.79 Å². The minimum Gasteiger partial charge on any atom is -0.397 e. The molecule has 0 aliphatic carbocycles. The van der Waals surface area contributed by atoms with Gasteiger partial charge in [-0.1, -0.05) is 0 Å². The van der Waals surface area contributed by atoms with Crippen molar-refractivity contribution in [3.05, 3.63) is 17.1 Å². The maximum Gasteiger partial charge on any atom is 0.241 e. The Labute approximate surface area is 110 Å². The fraction of sp³-hybridized carbons (Fsp3) is 0.333. The zero-order chi connectivity index (χ0) is 13.3. The second-order valence-electron chi connectivity index (χ2n) is 4.28. The molecule has 0 saturated heterocycles. The monoisotopic (exact) mass is 264 g/mol. The first kappa shape index (κ1) is 12.6. The van der Waals surface area contributed by atoms with Crippen molar-refractivity contribution in [3.8, 4) is 0 Å². The number of benzene rings is 1. The van der Waals surface area contributed by atoms with Crippen LogP contribution in [0.15, 0.2) is 12.1 Å². The number of carbonyl (C=O) groups is 1. The quantitative estimate of drug-likeness (QED) is 0.828. The molecule has 0 radical (unpaired) electrons. The Morgan fingerprint density at radius 3 is 2.89 bits per heavy atom. The average Bonchev–Trinajstić information content (AvgIpc) is 2.64. The van der Waals surface area contributed by atoms with Gasteiger partial charge in [-0.2, -0.15) is 0 Å². The van der Waals surface area contributed by atoms with Gasteiger partial charge in [0.25, 0.3) is 0 Å². The van der Waals surface area contributed by atoms with Gasteiger partial charge in [-0.05, 0) is 19.1 Å². The minimum atomic E-state index is 0.00366. The highest BCUT2D eigenvalue weighted by atomic mass is 32.1. The van der Waals surface area contributed by atoms with E-state index in [1.807, 2.05) is 19.1 Å². The molecule has 1 aromatic carbocycles. The summed E-state index contributed by atoms with van der Waals surface area (Å²) in [5.41, 5.74) is 8.25. The van der Waals surface area contributed by atoms with Crippen LogP contribution in [0.2, 0.25) is 0 Å². The third-order valence-corrected chi connectivity index (χ3v) is 3.53. The van der Waals surface area contributed by atoms with Crippen molar-refractivity contribution in [3.63, 3.8) is 0 Å². The molecule has 6 heteroatoms. The van der Waals surface area contributed by atoms with E-state index < -0.39 is 0 Å². The van der Waals surface area contributed by atoms with Gasteiger partial charge in [0.2, 0.25) is 5.91 Å². The molecular formula is C12H16N4OS. The molecule has 2 aromatic rings. The average molecular weight is 264 g/mol. The molecule has 2 rings (SSSR count). The highest BCUT2D eigenvalue weighted by Gasteiger charge is 2.08. The summed E-state index contributed by atoms with van der Waals surface area (Å²) < 4.78 is 1.06. The standard InChI is InChI=1S/C12H16N4OS/c1-7-15-10-5-9(8(13)4-11(10)18-7)14-6-12(17)16(2)3/h4-5,14H,6,13H2,1-3H3. The van der Waals surface area contributed by atoms with Crippen LogP contribution in [0.4, 0.5) is 11.4 Å². The zero-order valence-corrected chi connectivity index (χ0v) is 11.5. The van der Waals surface area contributed by atoms with E-state index in [9.17, 15) is 4.79 Å². The molecule has 96 valence electrons. The molecular weight excluding hydrogens is 248 g/mol. The highest BCUT2D eigenvalue weighted by Crippen LogP contribution is 2.29. The fourth-order valence-electron chi connectivity index (χ4n) is 1.59. The Balaban J connectivity index is 2.22. The van der Waals surface area contributed by atoms with Gasteiger partial charge in [-0.15, -0.1) is 11.3 Å². The van der Waals surface area contributed by atoms with Crippen molar-refractivity contribution in [2.75, 3.05) is 31.7 Å². The molecule has 3 N–H and O–H groups in total. The molecule has 1 aromatic heterocycles. The molecule has 0 spiro atoms. The van der Waals surface area contributed by atoms with Crippen molar-refractivity contribution < 1.29 is 4.79 Å². The summed E-state index contributed by atoms with van der Waals surface area (Å²) in [4.78, 5) is 17.4. The topological polar surface area (TPSA) is 71.2 Å². The van der Waals surface area contributed by atoms with Gasteiger partial charge in [0, 0.05) is 14.1 Å². The lowest BCUT2D eigenvalue weighted by Crippen LogP contribution is -2.28. The summed E-state index contributed by atoms with van der Waals surface area (Å²) in [6.07, 6.45) is 0. The van der Waals surface area contributed by atoms with Crippen molar-refractivity contribution in [1.29, 1.82) is 0 Å². The van der Waals surface area contributed by atoms with Crippen molar-refractivity contribution in [1.82, 2.24) is 9.88 Å². The first-order valence-corrected chi connectivity index (χ1v) is 6.39. The molecule has 0 saturated carbocycles. The predicted molar refractivity (Wildman–Crippen MR) is 76.0 cm³/mol. The maximum atomic E-state index is 11.5. The number of nitrogens with two attached hydrogens (primary N) is 1. The lowest BCUT2D eigenvalue weighted by molar-refractivity contribution is -0.126. The molecule has 0 atom stereocenters. The number of aromatic nitrogens is 1. The van der Waals surface area contributed by atoms with E-state index in [1.165, 1.54) is 4.90 Å². The number of hydrogen-bond donors (Lipinski definition) is 2. The van der Waals surface area contributed by atoms with E-state index >= 15 is 0 Å². The summed E-state index contributed by atoms with van der Waals surface area (Å²) >= 11 is 1.61. The van der Waals surface area contributed by atoms with Crippen LogP contribution in [0.25, 0.3) is 10.2 Å².